The molecule has 0 aromatic rings. The number of rotatable bonds is 3. The Bertz CT molecular complexity index is 400. The number of hydrogen-bond acceptors (Lipinski definition) is 2. The Hall–Kier alpha value is -1.32. The third kappa shape index (κ3) is 3.37. The second-order valence-corrected chi connectivity index (χ2v) is 6.61. The third-order valence-electron chi connectivity index (χ3n) is 4.40. The fourth-order valence-corrected chi connectivity index (χ4v) is 3.24. The molecule has 2 aliphatic carbocycles. The van der Waals surface area contributed by atoms with Gasteiger partial charge in [-0.05, 0) is 37.5 Å². The fraction of sp³-hybridized carbons (Fsp3) is 0.733. The van der Waals surface area contributed by atoms with Gasteiger partial charge in [-0.3, -0.25) is 9.59 Å². The van der Waals surface area contributed by atoms with Crippen LogP contribution in [-0.4, -0.2) is 23.0 Å². The molecule has 0 heterocycles. The minimum absolute atomic E-state index is 0.0838. The molecule has 1 fully saturated rings. The van der Waals surface area contributed by atoms with Crippen LogP contribution in [0.4, 0.5) is 0 Å². The van der Waals surface area contributed by atoms with Crippen LogP contribution in [0, 0.1) is 17.3 Å². The first-order chi connectivity index (χ1) is 8.89. The van der Waals surface area contributed by atoms with Gasteiger partial charge in [0.05, 0.1) is 11.8 Å². The summed E-state index contributed by atoms with van der Waals surface area (Å²) < 4.78 is 0. The van der Waals surface area contributed by atoms with Crippen LogP contribution in [-0.2, 0) is 9.59 Å². The first kappa shape index (κ1) is 14.1. The van der Waals surface area contributed by atoms with Crippen LogP contribution in [0.15, 0.2) is 12.2 Å². The van der Waals surface area contributed by atoms with Crippen LogP contribution in [0.1, 0.15) is 46.0 Å². The molecule has 106 valence electrons. The van der Waals surface area contributed by atoms with E-state index in [1.54, 1.807) is 0 Å². The number of carboxylic acids is 1. The van der Waals surface area contributed by atoms with Crippen molar-refractivity contribution in [2.45, 2.75) is 52.0 Å². The minimum atomic E-state index is -0.865. The molecule has 0 spiro atoms. The van der Waals surface area contributed by atoms with Crippen LogP contribution in [0.2, 0.25) is 0 Å². The number of hydrogen-bond donors (Lipinski definition) is 2. The van der Waals surface area contributed by atoms with E-state index in [1.165, 1.54) is 0 Å². The second kappa shape index (κ2) is 5.35. The Labute approximate surface area is 114 Å². The summed E-state index contributed by atoms with van der Waals surface area (Å²) >= 11 is 0. The summed E-state index contributed by atoms with van der Waals surface area (Å²) in [5, 5.41) is 12.2. The summed E-state index contributed by atoms with van der Waals surface area (Å²) in [5.74, 6) is -1.93. The van der Waals surface area contributed by atoms with Crippen molar-refractivity contribution in [2.24, 2.45) is 17.3 Å². The van der Waals surface area contributed by atoms with E-state index in [9.17, 15) is 14.7 Å². The molecule has 3 unspecified atom stereocenters. The molecule has 4 heteroatoms. The van der Waals surface area contributed by atoms with Crippen molar-refractivity contribution in [3.8, 4) is 0 Å². The van der Waals surface area contributed by atoms with Gasteiger partial charge in [0, 0.05) is 6.04 Å². The maximum Gasteiger partial charge on any atom is 0.307 e. The Kier molecular flexibility index (Phi) is 3.97. The summed E-state index contributed by atoms with van der Waals surface area (Å²) in [6.07, 6.45) is 7.88. The molecule has 0 saturated heterocycles. The molecule has 1 saturated carbocycles. The summed E-state index contributed by atoms with van der Waals surface area (Å²) in [6.45, 7) is 4.42. The second-order valence-electron chi connectivity index (χ2n) is 6.61. The standard InChI is InChI=1S/C15H23NO3/c1-15(2)8-7-10(9-15)16-13(17)11-5-3-4-6-12(11)14(18)19/h3-4,10-12H,5-9H2,1-2H3,(H,16,17)(H,18,19). The Morgan fingerprint density at radius 1 is 1.21 bits per heavy atom. The van der Waals surface area contributed by atoms with Crippen molar-refractivity contribution in [2.75, 3.05) is 0 Å². The quantitative estimate of drug-likeness (QED) is 0.770. The van der Waals surface area contributed by atoms with Gasteiger partial charge in [0.15, 0.2) is 0 Å². The summed E-state index contributed by atoms with van der Waals surface area (Å²) in [5.41, 5.74) is 0.288. The van der Waals surface area contributed by atoms with Gasteiger partial charge in [0.25, 0.3) is 0 Å². The van der Waals surface area contributed by atoms with Crippen molar-refractivity contribution in [1.82, 2.24) is 5.32 Å². The van der Waals surface area contributed by atoms with Crippen LogP contribution in [0.3, 0.4) is 0 Å². The number of carbonyl (C=O) groups excluding carboxylic acids is 1. The highest BCUT2D eigenvalue weighted by molar-refractivity contribution is 5.85. The average molecular weight is 265 g/mol. The third-order valence-corrected chi connectivity index (χ3v) is 4.40. The lowest BCUT2D eigenvalue weighted by Crippen LogP contribution is -2.42. The van der Waals surface area contributed by atoms with Gasteiger partial charge in [0.1, 0.15) is 0 Å². The van der Waals surface area contributed by atoms with Gasteiger partial charge >= 0.3 is 5.97 Å². The minimum Gasteiger partial charge on any atom is -0.481 e. The van der Waals surface area contributed by atoms with Crippen LogP contribution >= 0.6 is 0 Å². The van der Waals surface area contributed by atoms with Gasteiger partial charge in [-0.15, -0.1) is 0 Å². The van der Waals surface area contributed by atoms with Gasteiger partial charge in [-0.1, -0.05) is 26.0 Å². The van der Waals surface area contributed by atoms with E-state index < -0.39 is 17.8 Å². The van der Waals surface area contributed by atoms with Gasteiger partial charge in [-0.2, -0.15) is 0 Å². The van der Waals surface area contributed by atoms with Crippen molar-refractivity contribution in [3.63, 3.8) is 0 Å². The molecule has 0 radical (unpaired) electrons. The molecule has 19 heavy (non-hydrogen) atoms. The first-order valence-corrected chi connectivity index (χ1v) is 7.07. The summed E-state index contributed by atoms with van der Waals surface area (Å²) in [7, 11) is 0. The highest BCUT2D eigenvalue weighted by Gasteiger charge is 2.37. The molecule has 1 amide bonds. The van der Waals surface area contributed by atoms with E-state index >= 15 is 0 Å². The molecule has 2 rings (SSSR count). The van der Waals surface area contributed by atoms with Gasteiger partial charge in [0.2, 0.25) is 5.91 Å². The average Bonchev–Trinajstić information content (AvgIpc) is 2.68. The zero-order chi connectivity index (χ0) is 14.0. The molecule has 2 aliphatic rings. The Morgan fingerprint density at radius 3 is 2.37 bits per heavy atom. The first-order valence-electron chi connectivity index (χ1n) is 7.07. The van der Waals surface area contributed by atoms with Crippen molar-refractivity contribution in [3.05, 3.63) is 12.2 Å². The topological polar surface area (TPSA) is 66.4 Å². The number of carboxylic acid groups (broad SMARTS) is 1. The number of carbonyl (C=O) groups is 2. The fourth-order valence-electron chi connectivity index (χ4n) is 3.24. The molecule has 0 aliphatic heterocycles. The van der Waals surface area contributed by atoms with E-state index in [2.05, 4.69) is 19.2 Å². The lowest BCUT2D eigenvalue weighted by Gasteiger charge is -2.26. The van der Waals surface area contributed by atoms with Crippen molar-refractivity contribution >= 4 is 11.9 Å². The highest BCUT2D eigenvalue weighted by atomic mass is 16.4. The molecule has 4 nitrogen and oxygen atoms in total. The van der Waals surface area contributed by atoms with Crippen LogP contribution < -0.4 is 5.32 Å². The molecule has 0 aromatic carbocycles. The maximum atomic E-state index is 12.3. The largest absolute Gasteiger partial charge is 0.481 e. The molecule has 3 atom stereocenters. The van der Waals surface area contributed by atoms with Crippen LogP contribution in [0.25, 0.3) is 0 Å². The molecule has 0 bridgehead atoms. The molecular weight excluding hydrogens is 242 g/mol. The molecule has 2 N–H and O–H groups in total. The zero-order valence-corrected chi connectivity index (χ0v) is 11.7. The smallest absolute Gasteiger partial charge is 0.307 e. The zero-order valence-electron chi connectivity index (χ0n) is 11.7. The van der Waals surface area contributed by atoms with Gasteiger partial charge < -0.3 is 10.4 Å². The monoisotopic (exact) mass is 265 g/mol. The number of amides is 1. The van der Waals surface area contributed by atoms with E-state index in [0.29, 0.717) is 12.8 Å². The van der Waals surface area contributed by atoms with Crippen molar-refractivity contribution < 1.29 is 14.7 Å². The lowest BCUT2D eigenvalue weighted by atomic mass is 9.82. The van der Waals surface area contributed by atoms with E-state index in [0.717, 1.165) is 19.3 Å². The highest BCUT2D eigenvalue weighted by Crippen LogP contribution is 2.37. The number of nitrogens with one attached hydrogen (secondary N) is 1. The Morgan fingerprint density at radius 2 is 1.84 bits per heavy atom. The summed E-state index contributed by atoms with van der Waals surface area (Å²) in [4.78, 5) is 23.5. The van der Waals surface area contributed by atoms with Crippen molar-refractivity contribution in [1.29, 1.82) is 0 Å². The number of allylic oxidation sites excluding steroid dienone is 2. The normalized spacial score (nSPS) is 33.1. The SMILES string of the molecule is CC1(C)CCC(NC(=O)C2CC=CCC2C(=O)O)C1. The van der Waals surface area contributed by atoms with E-state index in [-0.39, 0.29) is 17.4 Å². The molecule has 0 aromatic heterocycles. The van der Waals surface area contributed by atoms with E-state index in [4.69, 9.17) is 0 Å². The van der Waals surface area contributed by atoms with E-state index in [1.807, 2.05) is 12.2 Å². The number of aliphatic carboxylic acids is 1. The van der Waals surface area contributed by atoms with Crippen LogP contribution in [0.5, 0.6) is 0 Å². The van der Waals surface area contributed by atoms with Gasteiger partial charge in [-0.25, -0.2) is 0 Å². The predicted molar refractivity (Wildman–Crippen MR) is 72.6 cm³/mol. The Balaban J connectivity index is 1.95. The molecular formula is C15H23NO3. The maximum absolute atomic E-state index is 12.3. The lowest BCUT2D eigenvalue weighted by molar-refractivity contribution is -0.147. The predicted octanol–water partition coefficient (Wildman–Crippen LogP) is 2.35. The summed E-state index contributed by atoms with van der Waals surface area (Å²) in [6, 6.07) is 0.211.